The molecule has 0 bridgehead atoms. The molecule has 1 aromatic heterocycles. The van der Waals surface area contributed by atoms with E-state index in [1.165, 1.54) is 72.0 Å². The molecule has 0 saturated carbocycles. The van der Waals surface area contributed by atoms with Crippen LogP contribution in [0.15, 0.2) is 140 Å². The molecule has 0 unspecified atom stereocenters. The first-order chi connectivity index (χ1) is 18.8. The van der Waals surface area contributed by atoms with Crippen LogP contribution in [0.1, 0.15) is 11.1 Å². The van der Waals surface area contributed by atoms with Gasteiger partial charge in [-0.15, -0.1) is 0 Å². The SMILES string of the molecule is c1ccc(-c2ccc3c(c2)-c2cc(-c4ccc(-n5c6ccccc6c6ccccc65)cc4)ccc2C3)cc1. The molecule has 8 rings (SSSR count). The van der Waals surface area contributed by atoms with Crippen LogP contribution in [0.3, 0.4) is 0 Å². The second-order valence-electron chi connectivity index (χ2n) is 10.2. The highest BCUT2D eigenvalue weighted by atomic mass is 15.0. The lowest BCUT2D eigenvalue weighted by molar-refractivity contribution is 1.18. The molecule has 0 radical (unpaired) electrons. The van der Waals surface area contributed by atoms with Gasteiger partial charge in [0.1, 0.15) is 0 Å². The van der Waals surface area contributed by atoms with E-state index in [2.05, 4.69) is 144 Å². The molecule has 0 atom stereocenters. The molecule has 0 spiro atoms. The Morgan fingerprint density at radius 3 is 1.45 bits per heavy atom. The average Bonchev–Trinajstić information content (AvgIpc) is 3.53. The first-order valence-corrected chi connectivity index (χ1v) is 13.2. The standard InChI is InChI=1S/C37H25N/c1-2-8-25(9-3-1)27-14-16-29-22-30-17-15-28(24-35(30)34(29)23-27)26-18-20-31(21-19-26)38-36-12-6-4-10-32(36)33-11-5-7-13-37(33)38/h1-21,23-24H,22H2. The molecule has 1 heteroatoms. The van der Waals surface area contributed by atoms with Crippen molar-refractivity contribution in [2.75, 3.05) is 0 Å². The van der Waals surface area contributed by atoms with Crippen molar-refractivity contribution in [3.63, 3.8) is 0 Å². The maximum absolute atomic E-state index is 2.38. The van der Waals surface area contributed by atoms with Crippen LogP contribution in [0.25, 0.3) is 60.9 Å². The van der Waals surface area contributed by atoms with Gasteiger partial charge in [0, 0.05) is 16.5 Å². The Hall–Kier alpha value is -4.88. The van der Waals surface area contributed by atoms with Crippen molar-refractivity contribution < 1.29 is 0 Å². The van der Waals surface area contributed by atoms with Crippen LogP contribution in [0, 0.1) is 0 Å². The number of rotatable bonds is 3. The zero-order valence-corrected chi connectivity index (χ0v) is 20.9. The van der Waals surface area contributed by atoms with Gasteiger partial charge in [-0.1, -0.05) is 103 Å². The van der Waals surface area contributed by atoms with Crippen molar-refractivity contribution in [1.29, 1.82) is 0 Å². The molecule has 38 heavy (non-hydrogen) atoms. The Balaban J connectivity index is 1.20. The molecule has 0 N–H and O–H groups in total. The van der Waals surface area contributed by atoms with Gasteiger partial charge in [0.05, 0.1) is 11.0 Å². The highest BCUT2D eigenvalue weighted by molar-refractivity contribution is 6.09. The fourth-order valence-electron chi connectivity index (χ4n) is 6.16. The van der Waals surface area contributed by atoms with Gasteiger partial charge in [-0.2, -0.15) is 0 Å². The molecule has 6 aromatic carbocycles. The first kappa shape index (κ1) is 21.2. The maximum atomic E-state index is 2.38. The summed E-state index contributed by atoms with van der Waals surface area (Å²) in [5, 5.41) is 2.58. The Kier molecular flexibility index (Phi) is 4.65. The minimum absolute atomic E-state index is 1.01. The summed E-state index contributed by atoms with van der Waals surface area (Å²) < 4.78 is 2.37. The topological polar surface area (TPSA) is 4.93 Å². The van der Waals surface area contributed by atoms with E-state index in [4.69, 9.17) is 0 Å². The zero-order chi connectivity index (χ0) is 25.1. The molecule has 7 aromatic rings. The van der Waals surface area contributed by atoms with Crippen molar-refractivity contribution >= 4 is 21.8 Å². The lowest BCUT2D eigenvalue weighted by atomic mass is 9.96. The van der Waals surface area contributed by atoms with E-state index in [1.807, 2.05) is 0 Å². The van der Waals surface area contributed by atoms with E-state index in [0.717, 1.165) is 6.42 Å². The van der Waals surface area contributed by atoms with Gasteiger partial charge in [0.25, 0.3) is 0 Å². The average molecular weight is 484 g/mol. The summed E-state index contributed by atoms with van der Waals surface area (Å²) in [6, 6.07) is 50.9. The molecule has 178 valence electrons. The fourth-order valence-corrected chi connectivity index (χ4v) is 6.16. The maximum Gasteiger partial charge on any atom is 0.0541 e. The quantitative estimate of drug-likeness (QED) is 0.236. The van der Waals surface area contributed by atoms with Crippen LogP contribution in [0.4, 0.5) is 0 Å². The zero-order valence-electron chi connectivity index (χ0n) is 20.9. The fraction of sp³-hybridized carbons (Fsp3) is 0.0270. The summed E-state index contributed by atoms with van der Waals surface area (Å²) >= 11 is 0. The summed E-state index contributed by atoms with van der Waals surface area (Å²) in [6.07, 6.45) is 1.01. The largest absolute Gasteiger partial charge is 0.309 e. The van der Waals surface area contributed by atoms with E-state index < -0.39 is 0 Å². The molecule has 0 saturated heterocycles. The number of hydrogen-bond acceptors (Lipinski definition) is 0. The van der Waals surface area contributed by atoms with Gasteiger partial charge in [0.15, 0.2) is 0 Å². The predicted octanol–water partition coefficient (Wildman–Crippen LogP) is 9.69. The monoisotopic (exact) mass is 483 g/mol. The lowest BCUT2D eigenvalue weighted by Gasteiger charge is -2.11. The number of aromatic nitrogens is 1. The van der Waals surface area contributed by atoms with Crippen LogP contribution >= 0.6 is 0 Å². The minimum atomic E-state index is 1.01. The first-order valence-electron chi connectivity index (χ1n) is 13.2. The van der Waals surface area contributed by atoms with E-state index in [9.17, 15) is 0 Å². The molecule has 0 aliphatic heterocycles. The molecule has 0 fully saturated rings. The van der Waals surface area contributed by atoms with Crippen LogP contribution in [0.5, 0.6) is 0 Å². The van der Waals surface area contributed by atoms with Crippen LogP contribution in [-0.2, 0) is 6.42 Å². The Bertz CT molecular complexity index is 1920. The van der Waals surface area contributed by atoms with Gasteiger partial charge < -0.3 is 4.57 Å². The van der Waals surface area contributed by atoms with Crippen molar-refractivity contribution in [3.8, 4) is 39.1 Å². The van der Waals surface area contributed by atoms with E-state index >= 15 is 0 Å². The second-order valence-corrected chi connectivity index (χ2v) is 10.2. The van der Waals surface area contributed by atoms with Crippen LogP contribution in [-0.4, -0.2) is 4.57 Å². The van der Waals surface area contributed by atoms with Crippen LogP contribution in [0.2, 0.25) is 0 Å². The summed E-state index contributed by atoms with van der Waals surface area (Å²) in [5.41, 5.74) is 14.3. The number of hydrogen-bond donors (Lipinski definition) is 0. The third-order valence-corrected chi connectivity index (χ3v) is 8.04. The van der Waals surface area contributed by atoms with Gasteiger partial charge in [-0.05, 0) is 87.3 Å². The highest BCUT2D eigenvalue weighted by Crippen LogP contribution is 2.41. The van der Waals surface area contributed by atoms with E-state index in [1.54, 1.807) is 0 Å². The van der Waals surface area contributed by atoms with Crippen molar-refractivity contribution in [2.24, 2.45) is 0 Å². The summed E-state index contributed by atoms with van der Waals surface area (Å²) in [7, 11) is 0. The van der Waals surface area contributed by atoms with Crippen molar-refractivity contribution in [1.82, 2.24) is 4.57 Å². The number of fused-ring (bicyclic) bond motifs is 6. The lowest BCUT2D eigenvalue weighted by Crippen LogP contribution is -1.93. The minimum Gasteiger partial charge on any atom is -0.309 e. The van der Waals surface area contributed by atoms with Crippen LogP contribution < -0.4 is 0 Å². The molecular weight excluding hydrogens is 458 g/mol. The number of benzene rings is 6. The molecule has 1 aliphatic carbocycles. The number of para-hydroxylation sites is 2. The molecule has 1 nitrogen and oxygen atoms in total. The van der Waals surface area contributed by atoms with Gasteiger partial charge in [0.2, 0.25) is 0 Å². The second kappa shape index (κ2) is 8.33. The Labute approximate surface area is 222 Å². The molecule has 0 amide bonds. The third kappa shape index (κ3) is 3.26. The molecule has 1 heterocycles. The summed E-state index contributed by atoms with van der Waals surface area (Å²) in [5.74, 6) is 0. The van der Waals surface area contributed by atoms with E-state index in [0.29, 0.717) is 0 Å². The van der Waals surface area contributed by atoms with Gasteiger partial charge >= 0.3 is 0 Å². The van der Waals surface area contributed by atoms with Crippen molar-refractivity contribution in [2.45, 2.75) is 6.42 Å². The van der Waals surface area contributed by atoms with Gasteiger partial charge in [-0.25, -0.2) is 0 Å². The summed E-state index contributed by atoms with van der Waals surface area (Å²) in [4.78, 5) is 0. The Morgan fingerprint density at radius 2 is 0.868 bits per heavy atom. The normalized spacial score (nSPS) is 12.1. The predicted molar refractivity (Wildman–Crippen MR) is 160 cm³/mol. The summed E-state index contributed by atoms with van der Waals surface area (Å²) in [6.45, 7) is 0. The third-order valence-electron chi connectivity index (χ3n) is 8.04. The number of nitrogens with zero attached hydrogens (tertiary/aromatic N) is 1. The van der Waals surface area contributed by atoms with Crippen molar-refractivity contribution in [3.05, 3.63) is 151 Å². The highest BCUT2D eigenvalue weighted by Gasteiger charge is 2.20. The smallest absolute Gasteiger partial charge is 0.0541 e. The molecule has 1 aliphatic rings. The van der Waals surface area contributed by atoms with Gasteiger partial charge in [-0.3, -0.25) is 0 Å². The molecular formula is C37H25N. The van der Waals surface area contributed by atoms with E-state index in [-0.39, 0.29) is 0 Å². The Morgan fingerprint density at radius 1 is 0.395 bits per heavy atom.